The summed E-state index contributed by atoms with van der Waals surface area (Å²) < 4.78 is 96.6. The van der Waals surface area contributed by atoms with E-state index in [1.165, 1.54) is 24.3 Å². The normalized spacial score (nSPS) is 13.3. The van der Waals surface area contributed by atoms with Crippen molar-refractivity contribution >= 4 is 44.6 Å². The first kappa shape index (κ1) is 41.9. The lowest BCUT2D eigenvalue weighted by molar-refractivity contribution is -0.275. The average Bonchev–Trinajstić information content (AvgIpc) is 3.92. The number of nitrogens with zero attached hydrogens (tertiary/aromatic N) is 4. The van der Waals surface area contributed by atoms with Crippen LogP contribution in [0.4, 0.5) is 49.1 Å². The minimum atomic E-state index is -4.75. The Morgan fingerprint density at radius 1 is 0.438 bits per heavy atom. The third-order valence-electron chi connectivity index (χ3n) is 10.9. The van der Waals surface area contributed by atoms with E-state index in [0.29, 0.717) is 46.4 Å². The van der Waals surface area contributed by atoms with Crippen molar-refractivity contribution in [1.82, 2.24) is 9.97 Å². The Balaban J connectivity index is 0.000000162. The first-order chi connectivity index (χ1) is 30.7. The van der Waals surface area contributed by atoms with E-state index < -0.39 is 12.7 Å². The molecule has 0 atom stereocenters. The van der Waals surface area contributed by atoms with Crippen LogP contribution in [0, 0.1) is 13.8 Å². The van der Waals surface area contributed by atoms with Crippen LogP contribution in [0.5, 0.6) is 34.5 Å². The lowest BCUT2D eigenvalue weighted by Gasteiger charge is -2.22. The maximum atomic E-state index is 12.8. The summed E-state index contributed by atoms with van der Waals surface area (Å²) in [6.45, 7) is 5.28. The number of para-hydroxylation sites is 2. The predicted octanol–water partition coefficient (Wildman–Crippen LogP) is 13.9. The summed E-state index contributed by atoms with van der Waals surface area (Å²) in [5.74, 6) is 2.40. The highest BCUT2D eigenvalue weighted by atomic mass is 19.4. The first-order valence-corrected chi connectivity index (χ1v) is 20.3. The second kappa shape index (κ2) is 17.0. The van der Waals surface area contributed by atoms with E-state index in [-0.39, 0.29) is 11.5 Å². The van der Waals surface area contributed by atoms with E-state index in [9.17, 15) is 26.3 Å². The number of halogens is 6. The number of aryl methyl sites for hydroxylation is 2. The van der Waals surface area contributed by atoms with Crippen LogP contribution >= 0.6 is 0 Å². The minimum Gasteiger partial charge on any atom is -0.457 e. The van der Waals surface area contributed by atoms with Gasteiger partial charge in [0.15, 0.2) is 0 Å². The van der Waals surface area contributed by atoms with E-state index in [1.807, 2.05) is 123 Å². The molecule has 0 amide bonds. The second-order valence-electron chi connectivity index (χ2n) is 15.1. The van der Waals surface area contributed by atoms with Crippen LogP contribution in [0.15, 0.2) is 146 Å². The molecule has 0 unspecified atom stereocenters. The Hall–Kier alpha value is -7.48. The number of alkyl halides is 6. The molecule has 8 aromatic rings. The molecule has 324 valence electrons. The van der Waals surface area contributed by atoms with Crippen molar-refractivity contribution in [3.63, 3.8) is 0 Å². The maximum Gasteiger partial charge on any atom is 0.573 e. The number of fused-ring (bicyclic) bond motifs is 6. The molecule has 0 radical (unpaired) electrons. The molecule has 2 aliphatic rings. The van der Waals surface area contributed by atoms with Gasteiger partial charge in [0.05, 0.1) is 22.4 Å². The van der Waals surface area contributed by atoms with E-state index in [1.54, 1.807) is 12.1 Å². The molecule has 0 spiro atoms. The fraction of sp³-hybridized carbons (Fsp3) is 0.160. The molecule has 2 aromatic heterocycles. The van der Waals surface area contributed by atoms with Gasteiger partial charge in [-0.05, 0) is 147 Å². The number of benzene rings is 6. The van der Waals surface area contributed by atoms with Gasteiger partial charge in [-0.3, -0.25) is 9.97 Å². The molecule has 8 nitrogen and oxygen atoms in total. The van der Waals surface area contributed by atoms with Gasteiger partial charge in [0.25, 0.3) is 0 Å². The molecule has 10 rings (SSSR count). The van der Waals surface area contributed by atoms with Gasteiger partial charge < -0.3 is 28.7 Å². The molecule has 0 N–H and O–H groups in total. The van der Waals surface area contributed by atoms with Crippen molar-refractivity contribution in [2.75, 3.05) is 22.9 Å². The Kier molecular flexibility index (Phi) is 11.1. The minimum absolute atomic E-state index is 0.253. The van der Waals surface area contributed by atoms with Crippen molar-refractivity contribution in [1.29, 1.82) is 0 Å². The third-order valence-corrected chi connectivity index (χ3v) is 10.9. The molecular weight excluding hydrogens is 835 g/mol. The summed E-state index contributed by atoms with van der Waals surface area (Å²) in [5.41, 5.74) is 8.69. The largest absolute Gasteiger partial charge is 0.573 e. The highest BCUT2D eigenvalue weighted by Crippen LogP contribution is 2.45. The molecule has 0 saturated heterocycles. The predicted molar refractivity (Wildman–Crippen MR) is 234 cm³/mol. The molecule has 4 heterocycles. The van der Waals surface area contributed by atoms with E-state index in [0.717, 1.165) is 69.6 Å². The van der Waals surface area contributed by atoms with Crippen LogP contribution in [-0.4, -0.2) is 35.8 Å². The molecule has 6 aromatic carbocycles. The van der Waals surface area contributed by atoms with Crippen LogP contribution < -0.4 is 28.7 Å². The zero-order valence-corrected chi connectivity index (χ0v) is 34.4. The fourth-order valence-electron chi connectivity index (χ4n) is 8.20. The molecule has 0 fully saturated rings. The molecular formula is C50H38F6N4O4. The van der Waals surface area contributed by atoms with E-state index in [2.05, 4.69) is 29.2 Å². The monoisotopic (exact) mass is 872 g/mol. The molecule has 0 aliphatic carbocycles. The van der Waals surface area contributed by atoms with Crippen LogP contribution in [0.2, 0.25) is 0 Å². The van der Waals surface area contributed by atoms with Gasteiger partial charge in [-0.25, -0.2) is 0 Å². The number of anilines is 4. The zero-order chi connectivity index (χ0) is 44.6. The third kappa shape index (κ3) is 9.17. The van der Waals surface area contributed by atoms with Gasteiger partial charge in [0.2, 0.25) is 0 Å². The quantitative estimate of drug-likeness (QED) is 0.140. The van der Waals surface area contributed by atoms with Crippen molar-refractivity contribution in [3.05, 3.63) is 168 Å². The van der Waals surface area contributed by atoms with Crippen LogP contribution in [0.1, 0.15) is 22.5 Å². The first-order valence-electron chi connectivity index (χ1n) is 20.3. The average molecular weight is 873 g/mol. The summed E-state index contributed by atoms with van der Waals surface area (Å²) in [6.07, 6.45) is -7.97. The van der Waals surface area contributed by atoms with Crippen LogP contribution in [-0.2, 0) is 12.8 Å². The van der Waals surface area contributed by atoms with Crippen molar-refractivity contribution in [3.8, 4) is 34.5 Å². The lowest BCUT2D eigenvalue weighted by Crippen LogP contribution is -2.17. The second-order valence-corrected chi connectivity index (χ2v) is 15.1. The molecule has 14 heteroatoms. The summed E-state index contributed by atoms with van der Waals surface area (Å²) in [7, 11) is 0. The van der Waals surface area contributed by atoms with E-state index >= 15 is 0 Å². The van der Waals surface area contributed by atoms with Crippen molar-refractivity contribution < 1.29 is 45.3 Å². The standard InChI is InChI=1S/2C25H19F3N2O2/c2*1-16-21-13-14-30(17-7-9-19(10-8-17)31-18-5-3-2-4-6-18)24(21)22-15-20(32-25(26,27)28)11-12-23(22)29-16/h2*2-12,15H,13-14H2,1H3. The zero-order valence-electron chi connectivity index (χ0n) is 34.4. The lowest BCUT2D eigenvalue weighted by atomic mass is 10.1. The molecule has 64 heavy (non-hydrogen) atoms. The number of aromatic nitrogens is 2. The van der Waals surface area contributed by atoms with Crippen LogP contribution in [0.25, 0.3) is 21.8 Å². The number of hydrogen-bond donors (Lipinski definition) is 0. The highest BCUT2D eigenvalue weighted by Gasteiger charge is 2.33. The number of hydrogen-bond acceptors (Lipinski definition) is 8. The molecule has 0 bridgehead atoms. The molecule has 0 saturated carbocycles. The molecule has 2 aliphatic heterocycles. The Morgan fingerprint density at radius 2 is 0.781 bits per heavy atom. The van der Waals surface area contributed by atoms with Gasteiger partial charge in [0, 0.05) is 46.6 Å². The highest BCUT2D eigenvalue weighted by molar-refractivity contribution is 5.99. The van der Waals surface area contributed by atoms with Crippen molar-refractivity contribution in [2.45, 2.75) is 39.4 Å². The Morgan fingerprint density at radius 3 is 1.14 bits per heavy atom. The number of rotatable bonds is 8. The summed E-state index contributed by atoms with van der Waals surface area (Å²) >= 11 is 0. The summed E-state index contributed by atoms with van der Waals surface area (Å²) in [4.78, 5) is 13.4. The van der Waals surface area contributed by atoms with Gasteiger partial charge >= 0.3 is 12.7 Å². The van der Waals surface area contributed by atoms with Gasteiger partial charge in [-0.15, -0.1) is 26.3 Å². The fourth-order valence-corrected chi connectivity index (χ4v) is 8.20. The number of pyridine rings is 2. The van der Waals surface area contributed by atoms with Gasteiger partial charge in [0.1, 0.15) is 34.5 Å². The van der Waals surface area contributed by atoms with Crippen molar-refractivity contribution in [2.24, 2.45) is 0 Å². The smallest absolute Gasteiger partial charge is 0.457 e. The topological polar surface area (TPSA) is 69.2 Å². The van der Waals surface area contributed by atoms with Gasteiger partial charge in [-0.1, -0.05) is 36.4 Å². The Bertz CT molecular complexity index is 2750. The SMILES string of the molecule is Cc1nc2ccc(OC(F)(F)F)cc2c2c1CCN2c1ccc(Oc2ccccc2)cc1.Cc1nc2ccc(OC(F)(F)F)cc2c2c1CCN2c1ccc(Oc2ccccc2)cc1. The van der Waals surface area contributed by atoms with Gasteiger partial charge in [-0.2, -0.15) is 0 Å². The Labute approximate surface area is 363 Å². The number of ether oxygens (including phenoxy) is 4. The maximum absolute atomic E-state index is 12.8. The summed E-state index contributed by atoms with van der Waals surface area (Å²) in [5, 5.41) is 1.27. The van der Waals surface area contributed by atoms with Crippen LogP contribution in [0.3, 0.4) is 0 Å². The summed E-state index contributed by atoms with van der Waals surface area (Å²) in [6, 6.07) is 42.9. The van der Waals surface area contributed by atoms with E-state index in [4.69, 9.17) is 9.47 Å².